The van der Waals surface area contributed by atoms with Crippen molar-refractivity contribution in [1.29, 1.82) is 0 Å². The zero-order valence-corrected chi connectivity index (χ0v) is 15.1. The first-order valence-electron chi connectivity index (χ1n) is 9.54. The minimum atomic E-state index is -0.135. The van der Waals surface area contributed by atoms with Crippen LogP contribution in [0.2, 0.25) is 0 Å². The number of nitrogens with one attached hydrogen (secondary N) is 1. The summed E-state index contributed by atoms with van der Waals surface area (Å²) in [5.41, 5.74) is 1.04. The number of amides is 1. The first-order chi connectivity index (χ1) is 13.3. The molecule has 2 fully saturated rings. The summed E-state index contributed by atoms with van der Waals surface area (Å²) in [5.74, 6) is 2.82. The molecule has 2 aromatic rings. The van der Waals surface area contributed by atoms with Gasteiger partial charge < -0.3 is 23.9 Å². The van der Waals surface area contributed by atoms with Gasteiger partial charge in [0.1, 0.15) is 5.76 Å². The van der Waals surface area contributed by atoms with E-state index in [1.54, 1.807) is 6.26 Å². The van der Waals surface area contributed by atoms with Crippen LogP contribution in [-0.4, -0.2) is 32.5 Å². The second-order valence-electron chi connectivity index (χ2n) is 7.64. The van der Waals surface area contributed by atoms with E-state index in [4.69, 9.17) is 18.6 Å². The van der Waals surface area contributed by atoms with Gasteiger partial charge in [-0.25, -0.2) is 0 Å². The first kappa shape index (κ1) is 16.7. The molecule has 0 bridgehead atoms. The third-order valence-electron chi connectivity index (χ3n) is 6.07. The van der Waals surface area contributed by atoms with Crippen molar-refractivity contribution in [3.63, 3.8) is 0 Å². The van der Waals surface area contributed by atoms with Crippen LogP contribution in [0.15, 0.2) is 41.0 Å². The molecule has 0 unspecified atom stereocenters. The van der Waals surface area contributed by atoms with Gasteiger partial charge in [0, 0.05) is 37.0 Å². The number of furan rings is 1. The molecule has 0 radical (unpaired) electrons. The van der Waals surface area contributed by atoms with Crippen LogP contribution < -0.4 is 14.8 Å². The summed E-state index contributed by atoms with van der Waals surface area (Å²) in [6.07, 6.45) is 4.27. The molecular weight excluding hydrogens is 346 g/mol. The third-order valence-corrected chi connectivity index (χ3v) is 6.07. The van der Waals surface area contributed by atoms with E-state index in [-0.39, 0.29) is 30.0 Å². The van der Waals surface area contributed by atoms with E-state index >= 15 is 0 Å². The van der Waals surface area contributed by atoms with Gasteiger partial charge in [0.25, 0.3) is 0 Å². The molecule has 1 aliphatic carbocycles. The van der Waals surface area contributed by atoms with E-state index in [2.05, 4.69) is 17.4 Å². The molecule has 1 amide bonds. The monoisotopic (exact) mass is 369 g/mol. The highest BCUT2D eigenvalue weighted by Gasteiger charge is 2.46. The van der Waals surface area contributed by atoms with Crippen molar-refractivity contribution in [2.24, 2.45) is 5.92 Å². The van der Waals surface area contributed by atoms with Gasteiger partial charge >= 0.3 is 0 Å². The fraction of sp³-hybridized carbons (Fsp3) is 0.476. The Kier molecular flexibility index (Phi) is 4.08. The van der Waals surface area contributed by atoms with Crippen molar-refractivity contribution in [1.82, 2.24) is 5.32 Å². The highest BCUT2D eigenvalue weighted by Crippen LogP contribution is 2.48. The average molecular weight is 369 g/mol. The van der Waals surface area contributed by atoms with Crippen LogP contribution in [0.3, 0.4) is 0 Å². The average Bonchev–Trinajstić information content (AvgIpc) is 3.10. The molecule has 1 N–H and O–H groups in total. The summed E-state index contributed by atoms with van der Waals surface area (Å²) in [5, 5.41) is 3.21. The van der Waals surface area contributed by atoms with Gasteiger partial charge in [-0.2, -0.15) is 0 Å². The first-order valence-corrected chi connectivity index (χ1v) is 9.54. The quantitative estimate of drug-likeness (QED) is 0.877. The third kappa shape index (κ3) is 3.08. The Labute approximate surface area is 157 Å². The summed E-state index contributed by atoms with van der Waals surface area (Å²) < 4.78 is 22.0. The maximum absolute atomic E-state index is 12.7. The lowest BCUT2D eigenvalue weighted by Gasteiger charge is -2.38. The van der Waals surface area contributed by atoms with Crippen molar-refractivity contribution >= 4 is 5.91 Å². The maximum Gasteiger partial charge on any atom is 0.231 e. The van der Waals surface area contributed by atoms with E-state index in [0.29, 0.717) is 19.8 Å². The predicted molar refractivity (Wildman–Crippen MR) is 96.9 cm³/mol. The highest BCUT2D eigenvalue weighted by atomic mass is 16.7. The second kappa shape index (κ2) is 6.60. The molecule has 1 aromatic carbocycles. The summed E-state index contributed by atoms with van der Waals surface area (Å²) in [6.45, 7) is 2.27. The number of hydrogen-bond acceptors (Lipinski definition) is 5. The van der Waals surface area contributed by atoms with Crippen LogP contribution >= 0.6 is 0 Å². The molecule has 142 valence electrons. The van der Waals surface area contributed by atoms with Crippen molar-refractivity contribution < 1.29 is 23.4 Å². The van der Waals surface area contributed by atoms with E-state index < -0.39 is 0 Å². The summed E-state index contributed by atoms with van der Waals surface area (Å²) in [4.78, 5) is 12.7. The standard InChI is InChI=1S/C21H23NO5/c23-20(16-11-15(16)17-2-1-7-25-17)22-12-21(5-8-24-9-6-21)14-3-4-18-19(10-14)27-13-26-18/h1-4,7,10,15-16H,5-6,8-9,11-13H2,(H,22,23)/t15-,16-/m1/s1. The molecule has 2 atom stereocenters. The number of hydrogen-bond donors (Lipinski definition) is 1. The van der Waals surface area contributed by atoms with E-state index in [1.165, 1.54) is 5.56 Å². The Balaban J connectivity index is 1.30. The molecule has 1 saturated carbocycles. The molecule has 0 spiro atoms. The molecule has 1 aromatic heterocycles. The topological polar surface area (TPSA) is 69.9 Å². The number of carbonyl (C=O) groups is 1. The highest BCUT2D eigenvalue weighted by molar-refractivity contribution is 5.82. The minimum Gasteiger partial charge on any atom is -0.469 e. The molecule has 6 nitrogen and oxygen atoms in total. The van der Waals surface area contributed by atoms with Gasteiger partial charge in [-0.3, -0.25) is 4.79 Å². The molecule has 2 aliphatic heterocycles. The maximum atomic E-state index is 12.7. The van der Waals surface area contributed by atoms with Gasteiger partial charge in [0.15, 0.2) is 11.5 Å². The van der Waals surface area contributed by atoms with Gasteiger partial charge in [0.05, 0.1) is 6.26 Å². The van der Waals surface area contributed by atoms with Crippen molar-refractivity contribution in [3.05, 3.63) is 47.9 Å². The van der Waals surface area contributed by atoms with Gasteiger partial charge in [-0.05, 0) is 49.1 Å². The van der Waals surface area contributed by atoms with Gasteiger partial charge in [-0.1, -0.05) is 6.07 Å². The fourth-order valence-corrected chi connectivity index (χ4v) is 4.24. The predicted octanol–water partition coefficient (Wildman–Crippen LogP) is 2.98. The Hall–Kier alpha value is -2.47. The Morgan fingerprint density at radius 3 is 2.81 bits per heavy atom. The number of fused-ring (bicyclic) bond motifs is 1. The van der Waals surface area contributed by atoms with E-state index in [1.807, 2.05) is 18.2 Å². The van der Waals surface area contributed by atoms with Crippen LogP contribution in [0.5, 0.6) is 11.5 Å². The molecule has 6 heteroatoms. The second-order valence-corrected chi connectivity index (χ2v) is 7.64. The lowest BCUT2D eigenvalue weighted by molar-refractivity contribution is -0.123. The van der Waals surface area contributed by atoms with E-state index in [0.717, 1.165) is 36.5 Å². The zero-order valence-electron chi connectivity index (χ0n) is 15.1. The SMILES string of the molecule is O=C(NCC1(c2ccc3c(c2)OCO3)CCOCC1)[C@@H]1C[C@H]1c1ccco1. The molecular formula is C21H23NO5. The number of benzene rings is 1. The summed E-state index contributed by atoms with van der Waals surface area (Å²) >= 11 is 0. The normalized spacial score (nSPS) is 25.2. The molecule has 1 saturated heterocycles. The lowest BCUT2D eigenvalue weighted by atomic mass is 9.74. The summed E-state index contributed by atoms with van der Waals surface area (Å²) in [7, 11) is 0. The van der Waals surface area contributed by atoms with Crippen molar-refractivity contribution in [3.8, 4) is 11.5 Å². The van der Waals surface area contributed by atoms with E-state index in [9.17, 15) is 4.79 Å². The largest absolute Gasteiger partial charge is 0.469 e. The van der Waals surface area contributed by atoms with Gasteiger partial charge in [0.2, 0.25) is 12.7 Å². The molecule has 5 rings (SSSR count). The zero-order chi connectivity index (χ0) is 18.3. The smallest absolute Gasteiger partial charge is 0.231 e. The fourth-order valence-electron chi connectivity index (χ4n) is 4.24. The Morgan fingerprint density at radius 1 is 1.15 bits per heavy atom. The van der Waals surface area contributed by atoms with Crippen LogP contribution in [0.4, 0.5) is 0 Å². The minimum absolute atomic E-state index is 0.0183. The lowest BCUT2D eigenvalue weighted by Crippen LogP contribution is -2.45. The molecule has 27 heavy (non-hydrogen) atoms. The number of rotatable bonds is 5. The molecule has 3 heterocycles. The summed E-state index contributed by atoms with van der Waals surface area (Å²) in [6, 6.07) is 9.94. The van der Waals surface area contributed by atoms with Crippen LogP contribution in [0.25, 0.3) is 0 Å². The Bertz CT molecular complexity index is 825. The van der Waals surface area contributed by atoms with Crippen LogP contribution in [-0.2, 0) is 14.9 Å². The van der Waals surface area contributed by atoms with Gasteiger partial charge in [-0.15, -0.1) is 0 Å². The molecule has 3 aliphatic rings. The number of carbonyl (C=O) groups excluding carboxylic acids is 1. The van der Waals surface area contributed by atoms with Crippen LogP contribution in [0, 0.1) is 5.92 Å². The van der Waals surface area contributed by atoms with Crippen molar-refractivity contribution in [2.45, 2.75) is 30.6 Å². The number of ether oxygens (including phenoxy) is 3. The van der Waals surface area contributed by atoms with Crippen LogP contribution in [0.1, 0.15) is 36.5 Å². The Morgan fingerprint density at radius 2 is 2.00 bits per heavy atom. The van der Waals surface area contributed by atoms with Crippen molar-refractivity contribution in [2.75, 3.05) is 26.6 Å².